The molecule has 1 rings (SSSR count). The molecule has 0 radical (unpaired) electrons. The first kappa shape index (κ1) is 9.85. The summed E-state index contributed by atoms with van der Waals surface area (Å²) in [6.07, 6.45) is 4.76. The fraction of sp³-hybridized carbons (Fsp3) is 0.778. The molecule has 1 unspecified atom stereocenters. The molecular weight excluding hydrogens is 168 g/mol. The molecule has 1 atom stereocenters. The van der Waals surface area contributed by atoms with Gasteiger partial charge in [0.1, 0.15) is 6.04 Å². The van der Waals surface area contributed by atoms with Crippen LogP contribution in [0.4, 0.5) is 0 Å². The first-order valence-electron chi connectivity index (χ1n) is 4.62. The molecular formula is C9H14N2O2. The van der Waals surface area contributed by atoms with Crippen LogP contribution in [0.15, 0.2) is 0 Å². The molecule has 0 aliphatic carbocycles. The summed E-state index contributed by atoms with van der Waals surface area (Å²) in [4.78, 5) is 12.9. The summed E-state index contributed by atoms with van der Waals surface area (Å²) in [6.45, 7) is 2.84. The summed E-state index contributed by atoms with van der Waals surface area (Å²) < 4.78 is 4.88. The lowest BCUT2D eigenvalue weighted by Crippen LogP contribution is -2.42. The van der Waals surface area contributed by atoms with Gasteiger partial charge in [0.05, 0.1) is 6.61 Å². The Bertz CT molecular complexity index is 222. The summed E-state index contributed by atoms with van der Waals surface area (Å²) in [7, 11) is 0. The van der Waals surface area contributed by atoms with Crippen molar-refractivity contribution in [1.29, 1.82) is 5.26 Å². The number of nitrogens with zero attached hydrogens (tertiary/aromatic N) is 2. The third kappa shape index (κ3) is 2.35. The van der Waals surface area contributed by atoms with E-state index in [1.807, 2.05) is 6.19 Å². The molecule has 0 bridgehead atoms. The summed E-state index contributed by atoms with van der Waals surface area (Å²) in [5.41, 5.74) is 0. The Balaban J connectivity index is 2.54. The van der Waals surface area contributed by atoms with E-state index in [9.17, 15) is 4.79 Å². The summed E-state index contributed by atoms with van der Waals surface area (Å²) in [5.74, 6) is -0.260. The largest absolute Gasteiger partial charge is 0.464 e. The van der Waals surface area contributed by atoms with Gasteiger partial charge in [-0.25, -0.2) is 4.79 Å². The maximum absolute atomic E-state index is 11.4. The van der Waals surface area contributed by atoms with Crippen molar-refractivity contribution >= 4 is 5.97 Å². The number of rotatable bonds is 2. The second-order valence-electron chi connectivity index (χ2n) is 3.06. The monoisotopic (exact) mass is 182 g/mol. The molecule has 0 spiro atoms. The molecule has 0 aromatic heterocycles. The van der Waals surface area contributed by atoms with E-state index in [-0.39, 0.29) is 12.0 Å². The smallest absolute Gasteiger partial charge is 0.329 e. The predicted octanol–water partition coefficient (Wildman–Crippen LogP) is 0.885. The van der Waals surface area contributed by atoms with E-state index >= 15 is 0 Å². The summed E-state index contributed by atoms with van der Waals surface area (Å²) in [6, 6.07) is -0.335. The number of hydrogen-bond donors (Lipinski definition) is 0. The molecule has 4 heteroatoms. The lowest BCUT2D eigenvalue weighted by Gasteiger charge is -2.29. The molecule has 0 saturated carbocycles. The standard InChI is InChI=1S/C9H14N2O2/c1-2-13-9(12)8-5-3-4-6-11(8)7-10/h8H,2-6H2,1H3. The topological polar surface area (TPSA) is 53.3 Å². The van der Waals surface area contributed by atoms with Gasteiger partial charge in [0.15, 0.2) is 6.19 Å². The van der Waals surface area contributed by atoms with Crippen LogP contribution in [-0.4, -0.2) is 30.1 Å². The lowest BCUT2D eigenvalue weighted by molar-refractivity contribution is -0.149. The van der Waals surface area contributed by atoms with E-state index in [4.69, 9.17) is 10.00 Å². The number of likely N-dealkylation sites (tertiary alicyclic amines) is 1. The predicted molar refractivity (Wildman–Crippen MR) is 46.6 cm³/mol. The molecule has 4 nitrogen and oxygen atoms in total. The third-order valence-electron chi connectivity index (χ3n) is 2.19. The van der Waals surface area contributed by atoms with Crippen LogP contribution in [0, 0.1) is 11.5 Å². The Kier molecular flexibility index (Phi) is 3.56. The zero-order chi connectivity index (χ0) is 9.68. The van der Waals surface area contributed by atoms with Crippen LogP contribution in [0.2, 0.25) is 0 Å². The van der Waals surface area contributed by atoms with Crippen molar-refractivity contribution in [2.75, 3.05) is 13.2 Å². The Labute approximate surface area is 78.1 Å². The number of carbonyl (C=O) groups excluding carboxylic acids is 1. The SMILES string of the molecule is CCOC(=O)C1CCCCN1C#N. The van der Waals surface area contributed by atoms with Gasteiger partial charge in [-0.2, -0.15) is 5.26 Å². The molecule has 1 fully saturated rings. The van der Waals surface area contributed by atoms with E-state index in [1.54, 1.807) is 6.92 Å². The minimum absolute atomic E-state index is 0.260. The molecule has 1 saturated heterocycles. The molecule has 0 N–H and O–H groups in total. The maximum atomic E-state index is 11.4. The average Bonchev–Trinajstić information content (AvgIpc) is 2.18. The van der Waals surface area contributed by atoms with Crippen molar-refractivity contribution < 1.29 is 9.53 Å². The minimum Gasteiger partial charge on any atom is -0.464 e. The van der Waals surface area contributed by atoms with Gasteiger partial charge in [0.2, 0.25) is 0 Å². The van der Waals surface area contributed by atoms with Gasteiger partial charge in [-0.1, -0.05) is 0 Å². The van der Waals surface area contributed by atoms with E-state index in [0.717, 1.165) is 19.3 Å². The van der Waals surface area contributed by atoms with Gasteiger partial charge in [-0.15, -0.1) is 0 Å². The highest BCUT2D eigenvalue weighted by Gasteiger charge is 2.28. The van der Waals surface area contributed by atoms with Crippen molar-refractivity contribution in [3.05, 3.63) is 0 Å². The van der Waals surface area contributed by atoms with Gasteiger partial charge in [-0.05, 0) is 26.2 Å². The molecule has 0 amide bonds. The number of carbonyl (C=O) groups is 1. The highest BCUT2D eigenvalue weighted by Crippen LogP contribution is 2.16. The van der Waals surface area contributed by atoms with E-state index in [2.05, 4.69) is 0 Å². The normalized spacial score (nSPS) is 22.2. The van der Waals surface area contributed by atoms with Crippen LogP contribution in [-0.2, 0) is 9.53 Å². The van der Waals surface area contributed by atoms with Crippen LogP contribution < -0.4 is 0 Å². The minimum atomic E-state index is -0.335. The Morgan fingerprint density at radius 2 is 2.46 bits per heavy atom. The van der Waals surface area contributed by atoms with Gasteiger partial charge in [0, 0.05) is 6.54 Å². The maximum Gasteiger partial charge on any atom is 0.329 e. The number of nitriles is 1. The van der Waals surface area contributed by atoms with E-state index in [1.165, 1.54) is 4.90 Å². The quantitative estimate of drug-likeness (QED) is 0.470. The molecule has 72 valence electrons. The number of hydrogen-bond acceptors (Lipinski definition) is 4. The highest BCUT2D eigenvalue weighted by molar-refractivity contribution is 5.76. The van der Waals surface area contributed by atoms with Crippen molar-refractivity contribution in [3.63, 3.8) is 0 Å². The zero-order valence-electron chi connectivity index (χ0n) is 7.82. The van der Waals surface area contributed by atoms with Crippen LogP contribution in [0.3, 0.4) is 0 Å². The zero-order valence-corrected chi connectivity index (χ0v) is 7.82. The van der Waals surface area contributed by atoms with Crippen molar-refractivity contribution in [1.82, 2.24) is 4.90 Å². The van der Waals surface area contributed by atoms with Crippen molar-refractivity contribution in [2.45, 2.75) is 32.2 Å². The van der Waals surface area contributed by atoms with E-state index < -0.39 is 0 Å². The van der Waals surface area contributed by atoms with Crippen LogP contribution in [0.1, 0.15) is 26.2 Å². The molecule has 0 aromatic carbocycles. The Hall–Kier alpha value is -1.24. The van der Waals surface area contributed by atoms with Gasteiger partial charge in [0.25, 0.3) is 0 Å². The molecule has 1 heterocycles. The Morgan fingerprint density at radius 3 is 3.08 bits per heavy atom. The van der Waals surface area contributed by atoms with Crippen LogP contribution in [0.5, 0.6) is 0 Å². The average molecular weight is 182 g/mol. The first-order chi connectivity index (χ1) is 6.29. The Morgan fingerprint density at radius 1 is 1.69 bits per heavy atom. The summed E-state index contributed by atoms with van der Waals surface area (Å²) in [5, 5.41) is 8.75. The first-order valence-corrected chi connectivity index (χ1v) is 4.62. The fourth-order valence-electron chi connectivity index (χ4n) is 1.53. The third-order valence-corrected chi connectivity index (χ3v) is 2.19. The second-order valence-corrected chi connectivity index (χ2v) is 3.06. The van der Waals surface area contributed by atoms with E-state index in [0.29, 0.717) is 13.2 Å². The second kappa shape index (κ2) is 4.70. The van der Waals surface area contributed by atoms with Gasteiger partial charge in [-0.3, -0.25) is 4.90 Å². The van der Waals surface area contributed by atoms with Gasteiger partial charge >= 0.3 is 5.97 Å². The molecule has 0 aromatic rings. The fourth-order valence-corrected chi connectivity index (χ4v) is 1.53. The molecule has 1 aliphatic rings. The van der Waals surface area contributed by atoms with Crippen molar-refractivity contribution in [2.24, 2.45) is 0 Å². The highest BCUT2D eigenvalue weighted by atomic mass is 16.5. The van der Waals surface area contributed by atoms with Crippen molar-refractivity contribution in [3.8, 4) is 6.19 Å². The number of ether oxygens (including phenoxy) is 1. The van der Waals surface area contributed by atoms with Gasteiger partial charge < -0.3 is 4.74 Å². The lowest BCUT2D eigenvalue weighted by atomic mass is 10.0. The number of piperidine rings is 1. The van der Waals surface area contributed by atoms with Crippen LogP contribution >= 0.6 is 0 Å². The number of esters is 1. The van der Waals surface area contributed by atoms with Crippen LogP contribution in [0.25, 0.3) is 0 Å². The molecule has 13 heavy (non-hydrogen) atoms. The summed E-state index contributed by atoms with van der Waals surface area (Å²) >= 11 is 0. The molecule has 1 aliphatic heterocycles.